The van der Waals surface area contributed by atoms with E-state index >= 15 is 0 Å². The standard InChI is InChI=1S/C11H17N3O.ClH/c12-5-3-11-13-6-4-10(14-11)9-2-1-7-15-8-9;/h4,6,9H,1-3,5,7-8,12H2;1H. The van der Waals surface area contributed by atoms with Crippen molar-refractivity contribution in [1.82, 2.24) is 9.97 Å². The van der Waals surface area contributed by atoms with Crippen LogP contribution in [0.5, 0.6) is 0 Å². The molecule has 1 saturated heterocycles. The Labute approximate surface area is 102 Å². The highest BCUT2D eigenvalue weighted by Crippen LogP contribution is 2.23. The summed E-state index contributed by atoms with van der Waals surface area (Å²) in [6.07, 6.45) is 4.86. The van der Waals surface area contributed by atoms with Crippen LogP contribution in [-0.4, -0.2) is 29.7 Å². The maximum absolute atomic E-state index is 5.48. The normalized spacial score (nSPS) is 20.2. The third kappa shape index (κ3) is 3.40. The van der Waals surface area contributed by atoms with Crippen LogP contribution in [0, 0.1) is 0 Å². The predicted octanol–water partition coefficient (Wildman–Crippen LogP) is 1.29. The highest BCUT2D eigenvalue weighted by atomic mass is 35.5. The first-order valence-corrected chi connectivity index (χ1v) is 5.50. The van der Waals surface area contributed by atoms with Crippen molar-refractivity contribution in [2.45, 2.75) is 25.2 Å². The largest absolute Gasteiger partial charge is 0.381 e. The van der Waals surface area contributed by atoms with Crippen molar-refractivity contribution in [2.75, 3.05) is 19.8 Å². The lowest BCUT2D eigenvalue weighted by Crippen LogP contribution is -2.17. The van der Waals surface area contributed by atoms with Crippen molar-refractivity contribution >= 4 is 12.4 Å². The molecular formula is C11H18ClN3O. The minimum Gasteiger partial charge on any atom is -0.381 e. The molecule has 4 nitrogen and oxygen atoms in total. The van der Waals surface area contributed by atoms with Crippen LogP contribution in [0.1, 0.15) is 30.3 Å². The molecule has 1 unspecified atom stereocenters. The van der Waals surface area contributed by atoms with Crippen LogP contribution in [-0.2, 0) is 11.2 Å². The molecule has 2 N–H and O–H groups in total. The van der Waals surface area contributed by atoms with Crippen molar-refractivity contribution in [3.8, 4) is 0 Å². The lowest BCUT2D eigenvalue weighted by molar-refractivity contribution is 0.0792. The van der Waals surface area contributed by atoms with Gasteiger partial charge in [-0.05, 0) is 25.5 Å². The van der Waals surface area contributed by atoms with Crippen LogP contribution >= 0.6 is 12.4 Å². The quantitative estimate of drug-likeness (QED) is 0.869. The van der Waals surface area contributed by atoms with Crippen LogP contribution in [0.2, 0.25) is 0 Å². The van der Waals surface area contributed by atoms with E-state index in [0.717, 1.165) is 37.6 Å². The second kappa shape index (κ2) is 6.78. The van der Waals surface area contributed by atoms with E-state index in [1.165, 1.54) is 6.42 Å². The molecule has 0 saturated carbocycles. The molecule has 2 heterocycles. The number of halogens is 1. The molecule has 1 aromatic heterocycles. The minimum atomic E-state index is 0. The number of hydrogen-bond donors (Lipinski definition) is 1. The summed E-state index contributed by atoms with van der Waals surface area (Å²) in [7, 11) is 0. The molecule has 0 aliphatic carbocycles. The predicted molar refractivity (Wildman–Crippen MR) is 64.8 cm³/mol. The van der Waals surface area contributed by atoms with Gasteiger partial charge in [-0.25, -0.2) is 9.97 Å². The van der Waals surface area contributed by atoms with Crippen LogP contribution in [0.15, 0.2) is 12.3 Å². The number of aromatic nitrogens is 2. The van der Waals surface area contributed by atoms with E-state index in [4.69, 9.17) is 10.5 Å². The summed E-state index contributed by atoms with van der Waals surface area (Å²) < 4.78 is 5.45. The minimum absolute atomic E-state index is 0. The molecule has 2 rings (SSSR count). The SMILES string of the molecule is Cl.NCCc1nccc(C2CCCOC2)n1. The molecule has 1 aliphatic rings. The van der Waals surface area contributed by atoms with Crippen LogP contribution in [0.3, 0.4) is 0 Å². The Morgan fingerprint density at radius 3 is 3.06 bits per heavy atom. The summed E-state index contributed by atoms with van der Waals surface area (Å²) in [6, 6.07) is 1.99. The van der Waals surface area contributed by atoms with E-state index in [-0.39, 0.29) is 12.4 Å². The van der Waals surface area contributed by atoms with Gasteiger partial charge in [0.1, 0.15) is 5.82 Å². The fourth-order valence-electron chi connectivity index (χ4n) is 1.87. The second-order valence-electron chi connectivity index (χ2n) is 3.85. The number of nitrogens with two attached hydrogens (primary N) is 1. The molecule has 0 amide bonds. The summed E-state index contributed by atoms with van der Waals surface area (Å²) in [6.45, 7) is 2.28. The molecule has 5 heteroatoms. The fourth-order valence-corrected chi connectivity index (χ4v) is 1.87. The molecule has 0 bridgehead atoms. The Balaban J connectivity index is 0.00000128. The summed E-state index contributed by atoms with van der Waals surface area (Å²) in [5.41, 5.74) is 6.59. The zero-order valence-electron chi connectivity index (χ0n) is 9.26. The highest BCUT2D eigenvalue weighted by Gasteiger charge is 2.17. The lowest BCUT2D eigenvalue weighted by atomic mass is 9.98. The zero-order valence-corrected chi connectivity index (χ0v) is 10.1. The maximum Gasteiger partial charge on any atom is 0.129 e. The number of nitrogens with zero attached hydrogens (tertiary/aromatic N) is 2. The molecule has 1 aliphatic heterocycles. The van der Waals surface area contributed by atoms with E-state index in [1.807, 2.05) is 12.3 Å². The van der Waals surface area contributed by atoms with Crippen LogP contribution in [0.4, 0.5) is 0 Å². The topological polar surface area (TPSA) is 61.0 Å². The molecule has 90 valence electrons. The third-order valence-corrected chi connectivity index (χ3v) is 2.67. The number of rotatable bonds is 3. The summed E-state index contributed by atoms with van der Waals surface area (Å²) in [5.74, 6) is 1.29. The van der Waals surface area contributed by atoms with Crippen LogP contribution < -0.4 is 5.73 Å². The molecular weight excluding hydrogens is 226 g/mol. The smallest absolute Gasteiger partial charge is 0.129 e. The number of hydrogen-bond acceptors (Lipinski definition) is 4. The summed E-state index contributed by atoms with van der Waals surface area (Å²) >= 11 is 0. The van der Waals surface area contributed by atoms with E-state index in [0.29, 0.717) is 12.5 Å². The van der Waals surface area contributed by atoms with Gasteiger partial charge < -0.3 is 10.5 Å². The van der Waals surface area contributed by atoms with Gasteiger partial charge in [-0.15, -0.1) is 12.4 Å². The fraction of sp³-hybridized carbons (Fsp3) is 0.636. The Kier molecular flexibility index (Phi) is 5.66. The van der Waals surface area contributed by atoms with Gasteiger partial charge in [-0.3, -0.25) is 0 Å². The Hall–Kier alpha value is -0.710. The highest BCUT2D eigenvalue weighted by molar-refractivity contribution is 5.85. The van der Waals surface area contributed by atoms with Gasteiger partial charge in [-0.1, -0.05) is 0 Å². The second-order valence-corrected chi connectivity index (χ2v) is 3.85. The molecule has 0 spiro atoms. The molecule has 16 heavy (non-hydrogen) atoms. The summed E-state index contributed by atoms with van der Waals surface area (Å²) in [5, 5.41) is 0. The van der Waals surface area contributed by atoms with Gasteiger partial charge in [0.05, 0.1) is 6.61 Å². The van der Waals surface area contributed by atoms with Gasteiger partial charge in [0, 0.05) is 30.8 Å². The zero-order chi connectivity index (χ0) is 10.5. The summed E-state index contributed by atoms with van der Waals surface area (Å²) in [4.78, 5) is 8.71. The molecule has 0 aromatic carbocycles. The average Bonchev–Trinajstić information content (AvgIpc) is 2.31. The van der Waals surface area contributed by atoms with Crippen molar-refractivity contribution in [3.05, 3.63) is 23.8 Å². The van der Waals surface area contributed by atoms with E-state index < -0.39 is 0 Å². The molecule has 1 aromatic rings. The van der Waals surface area contributed by atoms with Crippen molar-refractivity contribution in [1.29, 1.82) is 0 Å². The molecule has 1 atom stereocenters. The van der Waals surface area contributed by atoms with E-state index in [1.54, 1.807) is 0 Å². The molecule has 0 radical (unpaired) electrons. The van der Waals surface area contributed by atoms with Gasteiger partial charge in [0.25, 0.3) is 0 Å². The number of ether oxygens (including phenoxy) is 1. The first-order valence-electron chi connectivity index (χ1n) is 5.50. The third-order valence-electron chi connectivity index (χ3n) is 2.67. The van der Waals surface area contributed by atoms with Crippen molar-refractivity contribution in [3.63, 3.8) is 0 Å². The van der Waals surface area contributed by atoms with Crippen molar-refractivity contribution < 1.29 is 4.74 Å². The maximum atomic E-state index is 5.48. The van der Waals surface area contributed by atoms with E-state index in [9.17, 15) is 0 Å². The Morgan fingerprint density at radius 1 is 1.50 bits per heavy atom. The van der Waals surface area contributed by atoms with Gasteiger partial charge in [0.15, 0.2) is 0 Å². The Morgan fingerprint density at radius 2 is 2.38 bits per heavy atom. The van der Waals surface area contributed by atoms with Crippen molar-refractivity contribution in [2.24, 2.45) is 5.73 Å². The van der Waals surface area contributed by atoms with Gasteiger partial charge >= 0.3 is 0 Å². The Bertz CT molecular complexity index is 316. The van der Waals surface area contributed by atoms with E-state index in [2.05, 4.69) is 9.97 Å². The first-order chi connectivity index (χ1) is 7.40. The monoisotopic (exact) mass is 243 g/mol. The van der Waals surface area contributed by atoms with Gasteiger partial charge in [0.2, 0.25) is 0 Å². The first kappa shape index (κ1) is 13.4. The average molecular weight is 244 g/mol. The van der Waals surface area contributed by atoms with Gasteiger partial charge in [-0.2, -0.15) is 0 Å². The molecule has 1 fully saturated rings. The van der Waals surface area contributed by atoms with Crippen LogP contribution in [0.25, 0.3) is 0 Å². The lowest BCUT2D eigenvalue weighted by Gasteiger charge is -2.21.